The van der Waals surface area contributed by atoms with E-state index >= 15 is 0 Å². The first-order chi connectivity index (χ1) is 10.5. The topological polar surface area (TPSA) is 102 Å². The van der Waals surface area contributed by atoms with Gasteiger partial charge in [0.05, 0.1) is 5.56 Å². The van der Waals surface area contributed by atoms with E-state index in [0.717, 1.165) is 0 Å². The number of carbonyl (C=O) groups is 2. The third-order valence-electron chi connectivity index (χ3n) is 2.89. The molecule has 0 aliphatic rings. The molecule has 2 N–H and O–H groups in total. The van der Waals surface area contributed by atoms with E-state index in [1.54, 1.807) is 19.9 Å². The minimum Gasteiger partial charge on any atom is -0.508 e. The van der Waals surface area contributed by atoms with Gasteiger partial charge in [0.15, 0.2) is 11.9 Å². The molecule has 1 amide bonds. The second kappa shape index (κ2) is 6.75. The Morgan fingerprint density at radius 1 is 1.36 bits per heavy atom. The van der Waals surface area contributed by atoms with Crippen LogP contribution in [0.15, 0.2) is 34.9 Å². The van der Waals surface area contributed by atoms with Crippen LogP contribution in [-0.4, -0.2) is 28.2 Å². The Balaban J connectivity index is 2.00. The highest BCUT2D eigenvalue weighted by Crippen LogP contribution is 2.14. The number of carbonyl (C=O) groups excluding carboxylic acids is 2. The number of phenolic OH excluding ortho intramolecular Hbond substituents is 1. The summed E-state index contributed by atoms with van der Waals surface area (Å²) in [5.74, 6) is -0.255. The molecule has 1 aromatic carbocycles. The van der Waals surface area contributed by atoms with Crippen molar-refractivity contribution in [2.45, 2.75) is 26.4 Å². The van der Waals surface area contributed by atoms with Gasteiger partial charge in [0, 0.05) is 6.07 Å². The largest absolute Gasteiger partial charge is 0.508 e. The highest BCUT2D eigenvalue weighted by atomic mass is 16.5. The summed E-state index contributed by atoms with van der Waals surface area (Å²) in [5.41, 5.74) is 0.251. The van der Waals surface area contributed by atoms with Crippen LogP contribution in [0.4, 0.5) is 5.82 Å². The highest BCUT2D eigenvalue weighted by molar-refractivity contribution is 5.97. The molecule has 1 aromatic heterocycles. The van der Waals surface area contributed by atoms with Crippen molar-refractivity contribution in [1.29, 1.82) is 0 Å². The van der Waals surface area contributed by atoms with E-state index in [2.05, 4.69) is 10.5 Å². The van der Waals surface area contributed by atoms with Crippen molar-refractivity contribution in [2.24, 2.45) is 0 Å². The summed E-state index contributed by atoms with van der Waals surface area (Å²) in [4.78, 5) is 24.0. The Hall–Kier alpha value is -2.83. The third-order valence-corrected chi connectivity index (χ3v) is 2.89. The van der Waals surface area contributed by atoms with E-state index in [-0.39, 0.29) is 17.1 Å². The van der Waals surface area contributed by atoms with E-state index in [9.17, 15) is 14.7 Å². The summed E-state index contributed by atoms with van der Waals surface area (Å²) < 4.78 is 10.0. The second-order valence-electron chi connectivity index (χ2n) is 4.66. The number of phenols is 1. The number of aromatic nitrogens is 1. The van der Waals surface area contributed by atoms with Crippen molar-refractivity contribution in [3.8, 4) is 5.75 Å². The van der Waals surface area contributed by atoms with Crippen LogP contribution in [0.2, 0.25) is 0 Å². The van der Waals surface area contributed by atoms with Gasteiger partial charge in [0.1, 0.15) is 11.5 Å². The molecule has 0 saturated carbocycles. The van der Waals surface area contributed by atoms with Gasteiger partial charge in [-0.1, -0.05) is 12.1 Å². The first kappa shape index (κ1) is 15.6. The number of rotatable bonds is 5. The summed E-state index contributed by atoms with van der Waals surface area (Å²) in [7, 11) is 0. The summed E-state index contributed by atoms with van der Waals surface area (Å²) in [6, 6.07) is 7.14. The van der Waals surface area contributed by atoms with Crippen molar-refractivity contribution in [3.05, 3.63) is 41.7 Å². The van der Waals surface area contributed by atoms with Crippen LogP contribution in [0.25, 0.3) is 0 Å². The molecule has 0 unspecified atom stereocenters. The number of aryl methyl sites for hydroxylation is 1. The first-order valence-electron chi connectivity index (χ1n) is 6.73. The van der Waals surface area contributed by atoms with Gasteiger partial charge in [-0.2, -0.15) is 0 Å². The van der Waals surface area contributed by atoms with Gasteiger partial charge < -0.3 is 19.7 Å². The van der Waals surface area contributed by atoms with Crippen LogP contribution in [0.5, 0.6) is 5.75 Å². The molecule has 7 heteroatoms. The van der Waals surface area contributed by atoms with Gasteiger partial charge >= 0.3 is 5.97 Å². The number of benzene rings is 1. The van der Waals surface area contributed by atoms with Crippen molar-refractivity contribution in [2.75, 3.05) is 5.32 Å². The predicted octanol–water partition coefficient (Wildman–Crippen LogP) is 2.26. The van der Waals surface area contributed by atoms with E-state index < -0.39 is 18.0 Å². The van der Waals surface area contributed by atoms with Crippen LogP contribution >= 0.6 is 0 Å². The Bertz CT molecular complexity index is 663. The van der Waals surface area contributed by atoms with Crippen molar-refractivity contribution >= 4 is 17.7 Å². The van der Waals surface area contributed by atoms with Crippen LogP contribution in [0, 0.1) is 6.92 Å². The molecule has 2 aromatic rings. The lowest BCUT2D eigenvalue weighted by atomic mass is 10.2. The summed E-state index contributed by atoms with van der Waals surface area (Å²) >= 11 is 0. The lowest BCUT2D eigenvalue weighted by Gasteiger charge is -2.15. The smallest absolute Gasteiger partial charge is 0.338 e. The fourth-order valence-corrected chi connectivity index (χ4v) is 1.75. The van der Waals surface area contributed by atoms with Crippen molar-refractivity contribution < 1.29 is 24.0 Å². The number of nitrogens with one attached hydrogen (secondary N) is 1. The lowest BCUT2D eigenvalue weighted by molar-refractivity contribution is -0.124. The first-order valence-corrected chi connectivity index (χ1v) is 6.73. The van der Waals surface area contributed by atoms with Gasteiger partial charge in [0.25, 0.3) is 5.91 Å². The Kier molecular flexibility index (Phi) is 4.77. The highest BCUT2D eigenvalue weighted by Gasteiger charge is 2.22. The standard InChI is InChI=1S/C15H16N2O5/c1-3-12(14(19)16-13-8-9(2)22-17-13)21-15(20)10-4-6-11(18)7-5-10/h4-8,12,18H,3H2,1-2H3,(H,16,17,19)/t12-/m0/s1. The van der Waals surface area contributed by atoms with E-state index in [1.165, 1.54) is 24.3 Å². The molecule has 2 rings (SSSR count). The Morgan fingerprint density at radius 2 is 2.05 bits per heavy atom. The average Bonchev–Trinajstić information content (AvgIpc) is 2.90. The maximum atomic E-state index is 12.1. The predicted molar refractivity (Wildman–Crippen MR) is 77.5 cm³/mol. The third kappa shape index (κ3) is 3.85. The zero-order chi connectivity index (χ0) is 16.1. The number of aromatic hydroxyl groups is 1. The molecule has 0 spiro atoms. The van der Waals surface area contributed by atoms with Gasteiger partial charge in [0.2, 0.25) is 0 Å². The fraction of sp³-hybridized carbons (Fsp3) is 0.267. The molecule has 22 heavy (non-hydrogen) atoms. The van der Waals surface area contributed by atoms with Gasteiger partial charge in [-0.3, -0.25) is 4.79 Å². The van der Waals surface area contributed by atoms with E-state index in [4.69, 9.17) is 9.26 Å². The summed E-state index contributed by atoms with van der Waals surface area (Å²) in [5, 5.41) is 15.4. The minimum atomic E-state index is -0.946. The van der Waals surface area contributed by atoms with Gasteiger partial charge in [-0.15, -0.1) is 0 Å². The van der Waals surface area contributed by atoms with Crippen molar-refractivity contribution in [1.82, 2.24) is 5.16 Å². The van der Waals surface area contributed by atoms with Crippen LogP contribution in [0.3, 0.4) is 0 Å². The van der Waals surface area contributed by atoms with Gasteiger partial charge in [-0.25, -0.2) is 4.79 Å². The maximum Gasteiger partial charge on any atom is 0.338 e. The molecule has 7 nitrogen and oxygen atoms in total. The molecule has 0 aliphatic carbocycles. The molecular weight excluding hydrogens is 288 g/mol. The normalized spacial score (nSPS) is 11.7. The molecule has 0 saturated heterocycles. The number of ether oxygens (including phenoxy) is 1. The molecule has 0 fully saturated rings. The van der Waals surface area contributed by atoms with E-state index in [1.807, 2.05) is 0 Å². The second-order valence-corrected chi connectivity index (χ2v) is 4.66. The maximum absolute atomic E-state index is 12.1. The monoisotopic (exact) mass is 304 g/mol. The number of nitrogens with zero attached hydrogens (tertiary/aromatic N) is 1. The number of hydrogen-bond acceptors (Lipinski definition) is 6. The van der Waals surface area contributed by atoms with Crippen LogP contribution in [0.1, 0.15) is 29.5 Å². The molecule has 116 valence electrons. The molecular formula is C15H16N2O5. The summed E-state index contributed by atoms with van der Waals surface area (Å²) in [6.45, 7) is 3.42. The number of anilines is 1. The number of esters is 1. The number of amides is 1. The zero-order valence-electron chi connectivity index (χ0n) is 12.2. The fourth-order valence-electron chi connectivity index (χ4n) is 1.75. The van der Waals surface area contributed by atoms with Crippen LogP contribution in [-0.2, 0) is 9.53 Å². The Labute approximate surface area is 126 Å². The van der Waals surface area contributed by atoms with E-state index in [0.29, 0.717) is 12.2 Å². The average molecular weight is 304 g/mol. The van der Waals surface area contributed by atoms with Gasteiger partial charge in [-0.05, 0) is 37.6 Å². The van der Waals surface area contributed by atoms with Crippen molar-refractivity contribution in [3.63, 3.8) is 0 Å². The van der Waals surface area contributed by atoms with Crippen LogP contribution < -0.4 is 5.32 Å². The zero-order valence-corrected chi connectivity index (χ0v) is 12.2. The SMILES string of the molecule is CC[C@H](OC(=O)c1ccc(O)cc1)C(=O)Nc1cc(C)on1. The summed E-state index contributed by atoms with van der Waals surface area (Å²) in [6.07, 6.45) is -0.634. The molecule has 1 atom stereocenters. The quantitative estimate of drug-likeness (QED) is 0.822. The Morgan fingerprint density at radius 3 is 2.59 bits per heavy atom. The molecule has 1 heterocycles. The molecule has 0 radical (unpaired) electrons. The minimum absolute atomic E-state index is 0.0442. The molecule has 0 bridgehead atoms. The molecule has 0 aliphatic heterocycles. The number of hydrogen-bond donors (Lipinski definition) is 2. The lowest BCUT2D eigenvalue weighted by Crippen LogP contribution is -2.32.